The van der Waals surface area contributed by atoms with Crippen molar-refractivity contribution in [2.75, 3.05) is 5.75 Å². The van der Waals surface area contributed by atoms with Gasteiger partial charge in [0.05, 0.1) is 11.0 Å². The van der Waals surface area contributed by atoms with E-state index in [0.29, 0.717) is 5.56 Å². The van der Waals surface area contributed by atoms with Gasteiger partial charge in [-0.1, -0.05) is 12.1 Å². The van der Waals surface area contributed by atoms with Crippen LogP contribution >= 0.6 is 0 Å². The van der Waals surface area contributed by atoms with Gasteiger partial charge in [0.25, 0.3) is 0 Å². The molecule has 0 aliphatic heterocycles. The van der Waals surface area contributed by atoms with Crippen LogP contribution in [-0.2, 0) is 21.1 Å². The third-order valence-electron chi connectivity index (χ3n) is 4.76. The Hall–Kier alpha value is -1.23. The predicted molar refractivity (Wildman–Crippen MR) is 89.5 cm³/mol. The fourth-order valence-corrected chi connectivity index (χ4v) is 4.54. The molecule has 23 heavy (non-hydrogen) atoms. The first-order valence-corrected chi connectivity index (χ1v) is 9.98. The maximum absolute atomic E-state index is 13.2. The van der Waals surface area contributed by atoms with Crippen molar-refractivity contribution < 1.29 is 17.6 Å². The third-order valence-corrected chi connectivity index (χ3v) is 7.13. The van der Waals surface area contributed by atoms with Crippen molar-refractivity contribution in [3.8, 4) is 0 Å². The molecular formula is C18H25FO3S. The molecule has 1 saturated carbocycles. The van der Waals surface area contributed by atoms with E-state index in [9.17, 15) is 17.6 Å². The first-order chi connectivity index (χ1) is 10.8. The molecule has 0 unspecified atom stereocenters. The predicted octanol–water partition coefficient (Wildman–Crippen LogP) is 3.57. The quantitative estimate of drug-likeness (QED) is 0.795. The van der Waals surface area contributed by atoms with Crippen LogP contribution in [-0.4, -0.2) is 25.2 Å². The second-order valence-electron chi connectivity index (χ2n) is 6.87. The minimum atomic E-state index is -3.02. The van der Waals surface area contributed by atoms with Crippen LogP contribution in [0.25, 0.3) is 0 Å². The molecule has 2 rings (SSSR count). The van der Waals surface area contributed by atoms with E-state index in [0.717, 1.165) is 25.7 Å². The maximum atomic E-state index is 13.2. The molecule has 3 nitrogen and oxygen atoms in total. The summed E-state index contributed by atoms with van der Waals surface area (Å²) in [7, 11) is -3.02. The van der Waals surface area contributed by atoms with Gasteiger partial charge in [-0.3, -0.25) is 4.79 Å². The number of carbonyl (C=O) groups excluding carboxylic acids is 1. The highest BCUT2D eigenvalue weighted by atomic mass is 32.2. The van der Waals surface area contributed by atoms with E-state index in [4.69, 9.17) is 0 Å². The van der Waals surface area contributed by atoms with E-state index in [1.54, 1.807) is 26.0 Å². The molecule has 128 valence electrons. The number of hydrogen-bond donors (Lipinski definition) is 0. The minimum absolute atomic E-state index is 0.0173. The normalized spacial score (nSPS) is 22.3. The van der Waals surface area contributed by atoms with Crippen LogP contribution in [0.4, 0.5) is 4.39 Å². The lowest BCUT2D eigenvalue weighted by atomic mass is 9.79. The maximum Gasteiger partial charge on any atom is 0.152 e. The summed E-state index contributed by atoms with van der Waals surface area (Å²) >= 11 is 0. The highest BCUT2D eigenvalue weighted by Gasteiger charge is 2.29. The highest BCUT2D eigenvalue weighted by molar-refractivity contribution is 7.91. The van der Waals surface area contributed by atoms with Gasteiger partial charge in [0, 0.05) is 12.3 Å². The molecular weight excluding hydrogens is 315 g/mol. The lowest BCUT2D eigenvalue weighted by molar-refractivity contribution is -0.123. The summed E-state index contributed by atoms with van der Waals surface area (Å²) in [5.41, 5.74) is 0.708. The molecule has 1 aliphatic rings. The molecule has 1 aromatic rings. The SMILES string of the molecule is CC(C)S(=O)(=O)CC1CCC(C(=O)Cc2cccc(F)c2)CC1. The van der Waals surface area contributed by atoms with E-state index in [2.05, 4.69) is 0 Å². The molecule has 0 atom stereocenters. The summed E-state index contributed by atoms with van der Waals surface area (Å²) in [6.07, 6.45) is 3.31. The van der Waals surface area contributed by atoms with Gasteiger partial charge >= 0.3 is 0 Å². The Labute approximate surface area is 138 Å². The van der Waals surface area contributed by atoms with Gasteiger partial charge in [0.1, 0.15) is 11.6 Å². The van der Waals surface area contributed by atoms with Gasteiger partial charge in [-0.2, -0.15) is 0 Å². The average Bonchev–Trinajstić information content (AvgIpc) is 2.47. The number of benzene rings is 1. The number of Topliss-reactive ketones (excluding diaryl/α,β-unsaturated/α-hetero) is 1. The zero-order chi connectivity index (χ0) is 17.0. The first-order valence-electron chi connectivity index (χ1n) is 8.26. The molecule has 0 aromatic heterocycles. The molecule has 0 amide bonds. The van der Waals surface area contributed by atoms with E-state index >= 15 is 0 Å². The Bertz CT molecular complexity index is 644. The topological polar surface area (TPSA) is 51.2 Å². The smallest absolute Gasteiger partial charge is 0.152 e. The van der Waals surface area contributed by atoms with Crippen LogP contribution in [0.5, 0.6) is 0 Å². The zero-order valence-corrected chi connectivity index (χ0v) is 14.6. The summed E-state index contributed by atoms with van der Waals surface area (Å²) in [5.74, 6) is 0.200. The summed E-state index contributed by atoms with van der Waals surface area (Å²) in [5, 5.41) is -0.338. The van der Waals surface area contributed by atoms with E-state index in [-0.39, 0.29) is 40.9 Å². The molecule has 1 aromatic carbocycles. The fourth-order valence-electron chi connectivity index (χ4n) is 3.16. The Morgan fingerprint density at radius 2 is 1.87 bits per heavy atom. The zero-order valence-electron chi connectivity index (χ0n) is 13.8. The van der Waals surface area contributed by atoms with E-state index < -0.39 is 9.84 Å². The largest absolute Gasteiger partial charge is 0.299 e. The van der Waals surface area contributed by atoms with Crippen LogP contribution < -0.4 is 0 Å². The first kappa shape index (κ1) is 18.1. The van der Waals surface area contributed by atoms with Crippen LogP contribution in [0, 0.1) is 17.7 Å². The lowest BCUT2D eigenvalue weighted by Crippen LogP contribution is -2.29. The molecule has 0 radical (unpaired) electrons. The number of sulfone groups is 1. The summed E-state index contributed by atoms with van der Waals surface area (Å²) in [6, 6.07) is 6.15. The van der Waals surface area contributed by atoms with Crippen LogP contribution in [0.1, 0.15) is 45.1 Å². The van der Waals surface area contributed by atoms with Crippen molar-refractivity contribution in [2.24, 2.45) is 11.8 Å². The average molecular weight is 340 g/mol. The molecule has 5 heteroatoms. The van der Waals surface area contributed by atoms with Gasteiger partial charge in [0.15, 0.2) is 9.84 Å². The summed E-state index contributed by atoms with van der Waals surface area (Å²) < 4.78 is 37.1. The van der Waals surface area contributed by atoms with Crippen LogP contribution in [0.3, 0.4) is 0 Å². The Balaban J connectivity index is 1.85. The highest BCUT2D eigenvalue weighted by Crippen LogP contribution is 2.31. The van der Waals surface area contributed by atoms with Gasteiger partial charge < -0.3 is 0 Å². The van der Waals surface area contributed by atoms with Gasteiger partial charge in [-0.25, -0.2) is 12.8 Å². The second kappa shape index (κ2) is 7.56. The number of carbonyl (C=O) groups is 1. The number of ketones is 1. The molecule has 0 heterocycles. The van der Waals surface area contributed by atoms with Crippen molar-refractivity contribution in [3.05, 3.63) is 35.6 Å². The minimum Gasteiger partial charge on any atom is -0.299 e. The van der Waals surface area contributed by atoms with Crippen molar-refractivity contribution in [2.45, 2.75) is 51.2 Å². The fraction of sp³-hybridized carbons (Fsp3) is 0.611. The van der Waals surface area contributed by atoms with Crippen LogP contribution in [0.2, 0.25) is 0 Å². The standard InChI is InChI=1S/C18H25FO3S/c1-13(2)23(21,22)12-14-6-8-16(9-7-14)18(20)11-15-4-3-5-17(19)10-15/h3-5,10,13-14,16H,6-9,11-12H2,1-2H3. The second-order valence-corrected chi connectivity index (χ2v) is 9.47. The van der Waals surface area contributed by atoms with E-state index in [1.165, 1.54) is 12.1 Å². The monoisotopic (exact) mass is 340 g/mol. The van der Waals surface area contributed by atoms with Crippen molar-refractivity contribution in [3.63, 3.8) is 0 Å². The van der Waals surface area contributed by atoms with Gasteiger partial charge in [-0.15, -0.1) is 0 Å². The Kier molecular flexibility index (Phi) is 5.95. The lowest BCUT2D eigenvalue weighted by Gasteiger charge is -2.28. The number of rotatable bonds is 6. The number of hydrogen-bond acceptors (Lipinski definition) is 3. The van der Waals surface area contributed by atoms with Gasteiger partial charge in [-0.05, 0) is 63.1 Å². The van der Waals surface area contributed by atoms with Crippen molar-refractivity contribution in [1.82, 2.24) is 0 Å². The van der Waals surface area contributed by atoms with Crippen LogP contribution in [0.15, 0.2) is 24.3 Å². The Morgan fingerprint density at radius 3 is 2.43 bits per heavy atom. The summed E-state index contributed by atoms with van der Waals surface area (Å²) in [6.45, 7) is 3.42. The van der Waals surface area contributed by atoms with Gasteiger partial charge in [0.2, 0.25) is 0 Å². The molecule has 0 saturated heterocycles. The Morgan fingerprint density at radius 1 is 1.22 bits per heavy atom. The molecule has 0 spiro atoms. The van der Waals surface area contributed by atoms with Crippen molar-refractivity contribution >= 4 is 15.6 Å². The molecule has 1 aliphatic carbocycles. The molecule has 1 fully saturated rings. The third kappa shape index (κ3) is 5.13. The van der Waals surface area contributed by atoms with E-state index in [1.807, 2.05) is 0 Å². The van der Waals surface area contributed by atoms with Crippen molar-refractivity contribution in [1.29, 1.82) is 0 Å². The summed E-state index contributed by atoms with van der Waals surface area (Å²) in [4.78, 5) is 12.3. The molecule has 0 N–H and O–H groups in total. The molecule has 0 bridgehead atoms. The number of halogens is 1.